The van der Waals surface area contributed by atoms with E-state index in [1.54, 1.807) is 5.57 Å². The fourth-order valence-corrected chi connectivity index (χ4v) is 0.872. The molecule has 1 fully saturated rings. The zero-order valence-electron chi connectivity index (χ0n) is 5.19. The average Bonchev–Trinajstić information content (AvgIpc) is 1.63. The Labute approximate surface area is 50.6 Å². The van der Waals surface area contributed by atoms with Crippen LogP contribution in [-0.2, 0) is 0 Å². The van der Waals surface area contributed by atoms with E-state index in [1.807, 2.05) is 0 Å². The van der Waals surface area contributed by atoms with E-state index in [4.69, 9.17) is 5.73 Å². The molecule has 1 heteroatoms. The van der Waals surface area contributed by atoms with Crippen molar-refractivity contribution < 1.29 is 0 Å². The van der Waals surface area contributed by atoms with Gasteiger partial charge in [0.15, 0.2) is 0 Å². The molecule has 2 N–H and O–H groups in total. The standard InChI is InChI=1S/C7H13N/c8-6-2-5-7-3-1-4-7/h5H,1-4,6,8H2. The fourth-order valence-electron chi connectivity index (χ4n) is 0.872. The quantitative estimate of drug-likeness (QED) is 0.536. The molecule has 0 aromatic heterocycles. The molecule has 0 radical (unpaired) electrons. The first-order valence-electron chi connectivity index (χ1n) is 3.31. The van der Waals surface area contributed by atoms with Gasteiger partial charge in [-0.15, -0.1) is 0 Å². The van der Waals surface area contributed by atoms with Crippen LogP contribution in [0.3, 0.4) is 0 Å². The van der Waals surface area contributed by atoms with Crippen LogP contribution in [0.2, 0.25) is 0 Å². The molecule has 1 rings (SSSR count). The third-order valence-corrected chi connectivity index (χ3v) is 1.60. The lowest BCUT2D eigenvalue weighted by atomic mass is 9.92. The van der Waals surface area contributed by atoms with Gasteiger partial charge in [-0.1, -0.05) is 11.6 Å². The summed E-state index contributed by atoms with van der Waals surface area (Å²) < 4.78 is 0. The second-order valence-electron chi connectivity index (χ2n) is 2.29. The minimum absolute atomic E-state index is 0.809. The van der Waals surface area contributed by atoms with Crippen LogP contribution in [0, 0.1) is 0 Å². The number of hydrogen-bond donors (Lipinski definition) is 1. The topological polar surface area (TPSA) is 26.0 Å². The van der Waals surface area contributed by atoms with E-state index in [9.17, 15) is 0 Å². The van der Waals surface area contributed by atoms with Gasteiger partial charge in [-0.2, -0.15) is 0 Å². The highest BCUT2D eigenvalue weighted by molar-refractivity contribution is 5.08. The molecule has 1 saturated carbocycles. The SMILES string of the molecule is NCCC=C1CCC1. The van der Waals surface area contributed by atoms with Crippen LogP contribution in [0.15, 0.2) is 11.6 Å². The Balaban J connectivity index is 2.11. The van der Waals surface area contributed by atoms with Crippen LogP contribution in [0.1, 0.15) is 25.7 Å². The normalized spacial score (nSPS) is 17.9. The van der Waals surface area contributed by atoms with E-state index < -0.39 is 0 Å². The van der Waals surface area contributed by atoms with E-state index in [0.29, 0.717) is 0 Å². The van der Waals surface area contributed by atoms with Gasteiger partial charge in [-0.3, -0.25) is 0 Å². The Morgan fingerprint density at radius 3 is 2.62 bits per heavy atom. The Morgan fingerprint density at radius 2 is 2.25 bits per heavy atom. The van der Waals surface area contributed by atoms with Gasteiger partial charge in [-0.25, -0.2) is 0 Å². The number of hydrogen-bond acceptors (Lipinski definition) is 1. The smallest absolute Gasteiger partial charge is 0.00425 e. The van der Waals surface area contributed by atoms with Gasteiger partial charge >= 0.3 is 0 Å². The molecule has 46 valence electrons. The van der Waals surface area contributed by atoms with Crippen LogP contribution < -0.4 is 5.73 Å². The highest BCUT2D eigenvalue weighted by Crippen LogP contribution is 2.24. The monoisotopic (exact) mass is 111 g/mol. The predicted molar refractivity (Wildman–Crippen MR) is 35.6 cm³/mol. The van der Waals surface area contributed by atoms with Crippen LogP contribution in [-0.4, -0.2) is 6.54 Å². The largest absolute Gasteiger partial charge is 0.330 e. The van der Waals surface area contributed by atoms with E-state index in [1.165, 1.54) is 19.3 Å². The summed E-state index contributed by atoms with van der Waals surface area (Å²) in [6, 6.07) is 0. The summed E-state index contributed by atoms with van der Waals surface area (Å²) in [7, 11) is 0. The molecule has 0 atom stereocenters. The molecule has 0 spiro atoms. The average molecular weight is 111 g/mol. The van der Waals surface area contributed by atoms with Crippen molar-refractivity contribution in [2.75, 3.05) is 6.54 Å². The molecule has 0 aromatic carbocycles. The lowest BCUT2D eigenvalue weighted by Gasteiger charge is -2.15. The van der Waals surface area contributed by atoms with Crippen LogP contribution in [0.5, 0.6) is 0 Å². The summed E-state index contributed by atoms with van der Waals surface area (Å²) in [6.45, 7) is 0.809. The maximum absolute atomic E-state index is 5.31. The summed E-state index contributed by atoms with van der Waals surface area (Å²) in [5.74, 6) is 0. The third-order valence-electron chi connectivity index (χ3n) is 1.60. The molecule has 0 aliphatic heterocycles. The molecule has 1 aliphatic carbocycles. The van der Waals surface area contributed by atoms with E-state index in [0.717, 1.165) is 13.0 Å². The number of nitrogens with two attached hydrogens (primary N) is 1. The third kappa shape index (κ3) is 1.34. The summed E-state index contributed by atoms with van der Waals surface area (Å²) in [4.78, 5) is 0. The summed E-state index contributed by atoms with van der Waals surface area (Å²) >= 11 is 0. The maximum atomic E-state index is 5.31. The van der Waals surface area contributed by atoms with Crippen molar-refractivity contribution in [3.63, 3.8) is 0 Å². The first kappa shape index (κ1) is 5.83. The summed E-state index contributed by atoms with van der Waals surface area (Å²) in [5, 5.41) is 0. The molecule has 0 saturated heterocycles. The van der Waals surface area contributed by atoms with Gasteiger partial charge in [0.25, 0.3) is 0 Å². The summed E-state index contributed by atoms with van der Waals surface area (Å²) in [6.07, 6.45) is 7.43. The van der Waals surface area contributed by atoms with E-state index in [2.05, 4.69) is 6.08 Å². The predicted octanol–water partition coefficient (Wildman–Crippen LogP) is 1.45. The molecule has 0 heterocycles. The van der Waals surface area contributed by atoms with Crippen molar-refractivity contribution in [2.24, 2.45) is 5.73 Å². The molecule has 0 unspecified atom stereocenters. The first-order chi connectivity index (χ1) is 3.93. The van der Waals surface area contributed by atoms with Gasteiger partial charge in [0.2, 0.25) is 0 Å². The second kappa shape index (κ2) is 2.88. The van der Waals surface area contributed by atoms with Crippen molar-refractivity contribution in [1.82, 2.24) is 0 Å². The number of rotatable bonds is 2. The molecule has 0 aromatic rings. The van der Waals surface area contributed by atoms with Gasteiger partial charge < -0.3 is 5.73 Å². The molecule has 1 aliphatic rings. The van der Waals surface area contributed by atoms with Crippen LogP contribution >= 0.6 is 0 Å². The highest BCUT2D eigenvalue weighted by Gasteiger charge is 2.05. The van der Waals surface area contributed by atoms with E-state index in [-0.39, 0.29) is 0 Å². The molecule has 0 amide bonds. The van der Waals surface area contributed by atoms with Gasteiger partial charge in [0, 0.05) is 0 Å². The van der Waals surface area contributed by atoms with Gasteiger partial charge in [-0.05, 0) is 32.2 Å². The lowest BCUT2D eigenvalue weighted by Crippen LogP contribution is -2.00. The minimum Gasteiger partial charge on any atom is -0.330 e. The fraction of sp³-hybridized carbons (Fsp3) is 0.714. The van der Waals surface area contributed by atoms with Crippen LogP contribution in [0.25, 0.3) is 0 Å². The Morgan fingerprint density at radius 1 is 1.50 bits per heavy atom. The van der Waals surface area contributed by atoms with Crippen molar-refractivity contribution in [3.05, 3.63) is 11.6 Å². The van der Waals surface area contributed by atoms with Gasteiger partial charge in [0.1, 0.15) is 0 Å². The van der Waals surface area contributed by atoms with Crippen molar-refractivity contribution in [2.45, 2.75) is 25.7 Å². The number of allylic oxidation sites excluding steroid dienone is 1. The van der Waals surface area contributed by atoms with Crippen molar-refractivity contribution >= 4 is 0 Å². The Bertz CT molecular complexity index is 88.6. The zero-order chi connectivity index (χ0) is 5.82. The first-order valence-corrected chi connectivity index (χ1v) is 3.31. The summed E-state index contributed by atoms with van der Waals surface area (Å²) in [5.41, 5.74) is 6.93. The molecule has 1 nitrogen and oxygen atoms in total. The Hall–Kier alpha value is -0.300. The molecular formula is C7H13N. The second-order valence-corrected chi connectivity index (χ2v) is 2.29. The zero-order valence-corrected chi connectivity index (χ0v) is 5.19. The van der Waals surface area contributed by atoms with Crippen LogP contribution in [0.4, 0.5) is 0 Å². The van der Waals surface area contributed by atoms with Gasteiger partial charge in [0.05, 0.1) is 0 Å². The van der Waals surface area contributed by atoms with Crippen molar-refractivity contribution in [1.29, 1.82) is 0 Å². The lowest BCUT2D eigenvalue weighted by molar-refractivity contribution is 0.656. The molecule has 8 heavy (non-hydrogen) atoms. The highest BCUT2D eigenvalue weighted by atomic mass is 14.5. The molecule has 0 bridgehead atoms. The molecular weight excluding hydrogens is 98.1 g/mol. The van der Waals surface area contributed by atoms with E-state index >= 15 is 0 Å². The maximum Gasteiger partial charge on any atom is -0.00425 e. The Kier molecular flexibility index (Phi) is 2.10. The minimum atomic E-state index is 0.809. The van der Waals surface area contributed by atoms with Crippen molar-refractivity contribution in [3.8, 4) is 0 Å².